The maximum atomic E-state index is 3.13. The maximum Gasteiger partial charge on any atom is 0.0335 e. The van der Waals surface area contributed by atoms with E-state index in [9.17, 15) is 0 Å². The van der Waals surface area contributed by atoms with Crippen LogP contribution in [0.4, 0.5) is 0 Å². The van der Waals surface area contributed by atoms with E-state index in [0.717, 1.165) is 28.4 Å². The molecule has 2 nitrogen and oxygen atoms in total. The Morgan fingerprint density at radius 1 is 0.538 bits per heavy atom. The van der Waals surface area contributed by atoms with Crippen LogP contribution in [-0.2, 0) is 0 Å². The molecule has 7 rings (SSSR count). The summed E-state index contributed by atoms with van der Waals surface area (Å²) in [4.78, 5) is 0. The third kappa shape index (κ3) is 8.65. The molecular weight excluding hydrogens is 704 g/mol. The molecule has 0 bridgehead atoms. The van der Waals surface area contributed by atoms with E-state index in [4.69, 9.17) is 0 Å². The summed E-state index contributed by atoms with van der Waals surface area (Å²) in [6.07, 6.45) is 12.3. The van der Waals surface area contributed by atoms with Crippen LogP contribution in [0.3, 0.4) is 0 Å². The number of hydrogen-bond donors (Lipinski definition) is 0. The Labute approximate surface area is 321 Å². The summed E-state index contributed by atoms with van der Waals surface area (Å²) in [5, 5.41) is 3.00. The lowest BCUT2D eigenvalue weighted by Crippen LogP contribution is -2.32. The second kappa shape index (κ2) is 18.4. The summed E-state index contributed by atoms with van der Waals surface area (Å²) in [7, 11) is 1.34. The predicted octanol–water partition coefficient (Wildman–Crippen LogP) is 13.5. The summed E-state index contributed by atoms with van der Waals surface area (Å²) < 4.78 is 6.16. The van der Waals surface area contributed by atoms with Crippen LogP contribution in [0.15, 0.2) is 121 Å². The highest BCUT2D eigenvalue weighted by Crippen LogP contribution is 2.76. The topological polar surface area (TPSA) is 6.48 Å². The van der Waals surface area contributed by atoms with Gasteiger partial charge in [0.05, 0.1) is 0 Å². The first kappa shape index (κ1) is 38.8. The van der Waals surface area contributed by atoms with Crippen LogP contribution in [0.5, 0.6) is 0 Å². The molecule has 0 aliphatic carbocycles. The van der Waals surface area contributed by atoms with Gasteiger partial charge in [0.1, 0.15) is 0 Å². The molecule has 1 unspecified atom stereocenters. The molecule has 3 saturated heterocycles. The van der Waals surface area contributed by atoms with E-state index in [2.05, 4.69) is 165 Å². The zero-order valence-corrected chi connectivity index (χ0v) is 35.9. The Kier molecular flexibility index (Phi) is 13.7. The van der Waals surface area contributed by atoms with Gasteiger partial charge in [-0.2, -0.15) is 0 Å². The zero-order valence-electron chi connectivity index (χ0n) is 32.3. The van der Waals surface area contributed by atoms with Crippen molar-refractivity contribution in [2.75, 3.05) is 13.6 Å². The highest BCUT2D eigenvalue weighted by molar-refractivity contribution is 7.79. The molecule has 0 spiro atoms. The molecule has 6 heteroatoms. The lowest BCUT2D eigenvalue weighted by molar-refractivity contribution is 0.447. The molecule has 4 aromatic carbocycles. The van der Waals surface area contributed by atoms with Crippen molar-refractivity contribution >= 4 is 42.7 Å². The number of rotatable bonds is 14. The first-order chi connectivity index (χ1) is 25.4. The quantitative estimate of drug-likeness (QED) is 0.0932. The van der Waals surface area contributed by atoms with Gasteiger partial charge >= 0.3 is 0 Å². The molecule has 4 aromatic rings. The standard InChI is InChI=1S/C46H62N2P4/c1-36-29-30-37(2)49(36)46(47(5)50-38(3)31-32-39(50)4)28-18-19-35-48(51(42-24-14-8-15-25-42)43-26-16-9-17-27-43)52-44(40-20-10-6-11-21-40)33-34-45(52)41-22-12-7-13-23-41/h6-17,20-27,36-39,44-46H,18-19,28-35H2,1-5H3/t36-,37-,38-,39-,44+,45+,46?/m1/s1. The fourth-order valence-corrected chi connectivity index (χ4v) is 25.2. The van der Waals surface area contributed by atoms with Crippen molar-refractivity contribution in [1.82, 2.24) is 9.11 Å². The fraction of sp³-hybridized carbons (Fsp3) is 0.478. The van der Waals surface area contributed by atoms with Gasteiger partial charge in [0.25, 0.3) is 0 Å². The van der Waals surface area contributed by atoms with Crippen LogP contribution < -0.4 is 10.6 Å². The Morgan fingerprint density at radius 3 is 1.42 bits per heavy atom. The molecule has 0 aromatic heterocycles. The molecule has 276 valence electrons. The predicted molar refractivity (Wildman–Crippen MR) is 236 cm³/mol. The number of unbranched alkanes of at least 4 members (excludes halogenated alkanes) is 1. The van der Waals surface area contributed by atoms with Crippen molar-refractivity contribution in [3.63, 3.8) is 0 Å². The smallest absolute Gasteiger partial charge is 0.0335 e. The van der Waals surface area contributed by atoms with E-state index in [1.54, 1.807) is 11.1 Å². The van der Waals surface area contributed by atoms with Gasteiger partial charge in [-0.15, -0.1) is 0 Å². The van der Waals surface area contributed by atoms with E-state index >= 15 is 0 Å². The van der Waals surface area contributed by atoms with Crippen molar-refractivity contribution in [3.05, 3.63) is 132 Å². The third-order valence-electron chi connectivity index (χ3n) is 12.4. The average molecular weight is 767 g/mol. The first-order valence-electron chi connectivity index (χ1n) is 20.3. The van der Waals surface area contributed by atoms with Crippen LogP contribution in [0.25, 0.3) is 0 Å². The van der Waals surface area contributed by atoms with Gasteiger partial charge in [-0.05, 0) is 119 Å². The van der Waals surface area contributed by atoms with Crippen molar-refractivity contribution in [2.45, 2.75) is 125 Å². The lowest BCUT2D eigenvalue weighted by Gasteiger charge is -2.44. The van der Waals surface area contributed by atoms with E-state index in [1.807, 2.05) is 0 Å². The molecule has 3 heterocycles. The number of hydrogen-bond acceptors (Lipinski definition) is 2. The van der Waals surface area contributed by atoms with E-state index < -0.39 is 16.1 Å². The minimum Gasteiger partial charge on any atom is -0.277 e. The average Bonchev–Trinajstić information content (AvgIpc) is 3.88. The summed E-state index contributed by atoms with van der Waals surface area (Å²) in [6, 6.07) is 46.4. The van der Waals surface area contributed by atoms with Gasteiger partial charge in [-0.3, -0.25) is 9.11 Å². The van der Waals surface area contributed by atoms with Crippen LogP contribution >= 0.6 is 32.1 Å². The molecule has 0 radical (unpaired) electrons. The summed E-state index contributed by atoms with van der Waals surface area (Å²) in [5.74, 6) is 0.779. The van der Waals surface area contributed by atoms with Crippen molar-refractivity contribution in [1.29, 1.82) is 0 Å². The van der Waals surface area contributed by atoms with Crippen LogP contribution in [0.2, 0.25) is 0 Å². The van der Waals surface area contributed by atoms with Gasteiger partial charge in [-0.25, -0.2) is 0 Å². The second-order valence-corrected chi connectivity index (χ2v) is 27.2. The normalized spacial score (nSPS) is 26.6. The van der Waals surface area contributed by atoms with E-state index in [0.29, 0.717) is 11.3 Å². The highest BCUT2D eigenvalue weighted by Gasteiger charge is 2.45. The SMILES string of the molecule is C[C@@H]1CC[C@@H](C)P1C(CCCCN(P(c1ccccc1)c1ccccc1)P1[C@H](c2ccccc2)CC[C@H]1c1ccccc1)N(C)P1[C@H](C)CC[C@H]1C. The van der Waals surface area contributed by atoms with Crippen LogP contribution in [0.1, 0.15) is 108 Å². The summed E-state index contributed by atoms with van der Waals surface area (Å²) in [6.45, 7) is 11.5. The molecule has 0 saturated carbocycles. The molecule has 3 aliphatic heterocycles. The zero-order chi connectivity index (χ0) is 36.0. The molecular formula is C46H62N2P4. The second-order valence-electron chi connectivity index (χ2n) is 15.8. The van der Waals surface area contributed by atoms with Gasteiger partial charge in [-0.1, -0.05) is 163 Å². The van der Waals surface area contributed by atoms with Crippen molar-refractivity contribution < 1.29 is 0 Å². The van der Waals surface area contributed by atoms with Crippen molar-refractivity contribution in [3.8, 4) is 0 Å². The molecule has 7 atom stereocenters. The first-order valence-corrected chi connectivity index (χ1v) is 26.0. The van der Waals surface area contributed by atoms with Gasteiger partial charge < -0.3 is 0 Å². The Bertz CT molecular complexity index is 1540. The minimum absolute atomic E-state index is 0.0117. The Morgan fingerprint density at radius 2 is 0.962 bits per heavy atom. The maximum absolute atomic E-state index is 3.13. The van der Waals surface area contributed by atoms with E-state index in [1.165, 1.54) is 74.9 Å². The van der Waals surface area contributed by atoms with Crippen LogP contribution in [0, 0.1) is 0 Å². The van der Waals surface area contributed by atoms with Crippen LogP contribution in [-0.4, -0.2) is 51.1 Å². The Hall–Kier alpha value is -1.48. The summed E-state index contributed by atoms with van der Waals surface area (Å²) in [5.41, 5.74) is 7.82. The van der Waals surface area contributed by atoms with E-state index in [-0.39, 0.29) is 16.0 Å². The molecule has 52 heavy (non-hydrogen) atoms. The fourth-order valence-electron chi connectivity index (χ4n) is 9.85. The molecule has 3 aliphatic rings. The Balaban J connectivity index is 1.23. The van der Waals surface area contributed by atoms with Crippen molar-refractivity contribution in [2.24, 2.45) is 0 Å². The number of benzene rings is 4. The monoisotopic (exact) mass is 766 g/mol. The third-order valence-corrected chi connectivity index (χ3v) is 26.2. The largest absolute Gasteiger partial charge is 0.277 e. The summed E-state index contributed by atoms with van der Waals surface area (Å²) >= 11 is 0. The molecule has 0 amide bonds. The van der Waals surface area contributed by atoms with Gasteiger partial charge in [0.15, 0.2) is 0 Å². The van der Waals surface area contributed by atoms with Gasteiger partial charge in [0, 0.05) is 31.7 Å². The number of nitrogens with zero attached hydrogens (tertiary/aromatic N) is 2. The lowest BCUT2D eigenvalue weighted by atomic mass is 10.0. The van der Waals surface area contributed by atoms with Gasteiger partial charge in [0.2, 0.25) is 0 Å². The highest BCUT2D eigenvalue weighted by atomic mass is 31.2. The minimum atomic E-state index is -0.687. The molecule has 3 fully saturated rings. The molecule has 0 N–H and O–H groups in total.